The topological polar surface area (TPSA) is 85.1 Å². The van der Waals surface area contributed by atoms with E-state index in [1.807, 2.05) is 4.72 Å². The third kappa shape index (κ3) is 2.79. The Morgan fingerprint density at radius 2 is 1.95 bits per heavy atom. The van der Waals surface area contributed by atoms with Crippen LogP contribution in [0.4, 0.5) is 20.3 Å². The van der Waals surface area contributed by atoms with Crippen molar-refractivity contribution in [3.8, 4) is 0 Å². The van der Waals surface area contributed by atoms with E-state index in [-0.39, 0.29) is 10.7 Å². The van der Waals surface area contributed by atoms with Gasteiger partial charge in [-0.05, 0) is 24.3 Å². The standard InChI is InChI=1S/C11H9F2N3O2S/c12-7-3-4-8(13)9(6-7)16-19(17,18)10-2-1-5-15-11(10)14/h1-6,16H,(H2,14,15). The Hall–Kier alpha value is -2.22. The highest BCUT2D eigenvalue weighted by Gasteiger charge is 2.19. The molecule has 19 heavy (non-hydrogen) atoms. The van der Waals surface area contributed by atoms with Gasteiger partial charge < -0.3 is 5.73 Å². The van der Waals surface area contributed by atoms with Crippen LogP contribution in [0.2, 0.25) is 0 Å². The zero-order chi connectivity index (χ0) is 14.0. The van der Waals surface area contributed by atoms with Crippen molar-refractivity contribution in [3.63, 3.8) is 0 Å². The minimum absolute atomic E-state index is 0.230. The summed E-state index contributed by atoms with van der Waals surface area (Å²) >= 11 is 0. The molecule has 0 fully saturated rings. The smallest absolute Gasteiger partial charge is 0.265 e. The van der Waals surface area contributed by atoms with Gasteiger partial charge in [-0.2, -0.15) is 0 Å². The maximum Gasteiger partial charge on any atom is 0.265 e. The normalized spacial score (nSPS) is 11.3. The molecule has 1 heterocycles. The van der Waals surface area contributed by atoms with Crippen molar-refractivity contribution in [1.82, 2.24) is 4.98 Å². The van der Waals surface area contributed by atoms with Crippen molar-refractivity contribution >= 4 is 21.5 Å². The molecule has 0 saturated heterocycles. The maximum absolute atomic E-state index is 13.4. The van der Waals surface area contributed by atoms with E-state index in [4.69, 9.17) is 5.73 Å². The van der Waals surface area contributed by atoms with Crippen molar-refractivity contribution in [2.24, 2.45) is 0 Å². The van der Waals surface area contributed by atoms with E-state index in [1.54, 1.807) is 0 Å². The molecule has 0 bridgehead atoms. The van der Waals surface area contributed by atoms with Crippen LogP contribution < -0.4 is 10.5 Å². The number of rotatable bonds is 3. The lowest BCUT2D eigenvalue weighted by molar-refractivity contribution is 0.594. The predicted molar refractivity (Wildman–Crippen MR) is 65.8 cm³/mol. The third-order valence-electron chi connectivity index (χ3n) is 2.26. The summed E-state index contributed by atoms with van der Waals surface area (Å²) in [5.74, 6) is -1.89. The Labute approximate surface area is 108 Å². The fourth-order valence-corrected chi connectivity index (χ4v) is 2.55. The van der Waals surface area contributed by atoms with E-state index in [2.05, 4.69) is 4.98 Å². The molecule has 3 N–H and O–H groups in total. The van der Waals surface area contributed by atoms with Crippen LogP contribution in [0.3, 0.4) is 0 Å². The summed E-state index contributed by atoms with van der Waals surface area (Å²) in [7, 11) is -4.13. The number of nitrogens with two attached hydrogens (primary N) is 1. The van der Waals surface area contributed by atoms with Crippen LogP contribution in [0.25, 0.3) is 0 Å². The molecule has 2 rings (SSSR count). The first-order chi connectivity index (χ1) is 8.90. The van der Waals surface area contributed by atoms with E-state index in [9.17, 15) is 17.2 Å². The molecule has 0 spiro atoms. The summed E-state index contributed by atoms with van der Waals surface area (Å²) in [6.45, 7) is 0. The number of nitrogen functional groups attached to an aromatic ring is 1. The average Bonchev–Trinajstić information content (AvgIpc) is 2.34. The number of nitrogens with one attached hydrogen (secondary N) is 1. The summed E-state index contributed by atoms with van der Waals surface area (Å²) < 4.78 is 52.2. The Bertz CT molecular complexity index is 720. The molecule has 0 radical (unpaired) electrons. The number of pyridine rings is 1. The number of halogens is 2. The van der Waals surface area contributed by atoms with Gasteiger partial charge in [0, 0.05) is 12.3 Å². The highest BCUT2D eigenvalue weighted by Crippen LogP contribution is 2.22. The monoisotopic (exact) mass is 285 g/mol. The molecule has 5 nitrogen and oxygen atoms in total. The predicted octanol–water partition coefficient (Wildman–Crippen LogP) is 1.74. The van der Waals surface area contributed by atoms with Crippen LogP contribution in [0.1, 0.15) is 0 Å². The van der Waals surface area contributed by atoms with Crippen LogP contribution in [0.15, 0.2) is 41.4 Å². The second-order valence-corrected chi connectivity index (χ2v) is 5.27. The van der Waals surface area contributed by atoms with Crippen LogP contribution in [0, 0.1) is 11.6 Å². The molecule has 8 heteroatoms. The number of nitrogens with zero attached hydrogens (tertiary/aromatic N) is 1. The Balaban J connectivity index is 2.43. The second-order valence-electron chi connectivity index (χ2n) is 3.62. The molecule has 0 atom stereocenters. The number of hydrogen-bond donors (Lipinski definition) is 2. The molecule has 1 aromatic heterocycles. The SMILES string of the molecule is Nc1ncccc1S(=O)(=O)Nc1cc(F)ccc1F. The van der Waals surface area contributed by atoms with Crippen LogP contribution in [0.5, 0.6) is 0 Å². The minimum Gasteiger partial charge on any atom is -0.383 e. The fourth-order valence-electron chi connectivity index (χ4n) is 1.41. The van der Waals surface area contributed by atoms with Gasteiger partial charge in [-0.1, -0.05) is 0 Å². The summed E-state index contributed by atoms with van der Waals surface area (Å²) in [6.07, 6.45) is 1.32. The molecule has 0 aliphatic heterocycles. The molecule has 0 unspecified atom stereocenters. The van der Waals surface area contributed by atoms with Crippen molar-refractivity contribution in [1.29, 1.82) is 0 Å². The van der Waals surface area contributed by atoms with Gasteiger partial charge in [0.25, 0.3) is 10.0 Å². The first-order valence-electron chi connectivity index (χ1n) is 5.08. The lowest BCUT2D eigenvalue weighted by Gasteiger charge is -2.10. The molecule has 0 aliphatic rings. The number of benzene rings is 1. The van der Waals surface area contributed by atoms with Crippen molar-refractivity contribution in [3.05, 3.63) is 48.2 Å². The van der Waals surface area contributed by atoms with Gasteiger partial charge in [0.1, 0.15) is 22.3 Å². The van der Waals surface area contributed by atoms with Gasteiger partial charge in [-0.3, -0.25) is 4.72 Å². The van der Waals surface area contributed by atoms with E-state index in [0.717, 1.165) is 18.2 Å². The van der Waals surface area contributed by atoms with Gasteiger partial charge in [0.05, 0.1) is 5.69 Å². The maximum atomic E-state index is 13.4. The summed E-state index contributed by atoms with van der Waals surface area (Å²) in [5.41, 5.74) is 4.93. The van der Waals surface area contributed by atoms with Crippen LogP contribution >= 0.6 is 0 Å². The Morgan fingerprint density at radius 3 is 2.63 bits per heavy atom. The average molecular weight is 285 g/mol. The number of anilines is 2. The quantitative estimate of drug-likeness (QED) is 0.899. The minimum atomic E-state index is -4.13. The summed E-state index contributed by atoms with van der Waals surface area (Å²) in [5, 5.41) is 0. The van der Waals surface area contributed by atoms with E-state index in [0.29, 0.717) is 0 Å². The van der Waals surface area contributed by atoms with Gasteiger partial charge in [-0.15, -0.1) is 0 Å². The molecule has 0 amide bonds. The zero-order valence-corrected chi connectivity index (χ0v) is 10.3. The van der Waals surface area contributed by atoms with E-state index in [1.165, 1.54) is 18.3 Å². The molecule has 100 valence electrons. The van der Waals surface area contributed by atoms with Gasteiger partial charge in [-0.25, -0.2) is 22.2 Å². The first-order valence-corrected chi connectivity index (χ1v) is 6.57. The molecule has 1 aromatic carbocycles. The largest absolute Gasteiger partial charge is 0.383 e. The fraction of sp³-hybridized carbons (Fsp3) is 0. The highest BCUT2D eigenvalue weighted by molar-refractivity contribution is 7.92. The number of sulfonamides is 1. The lowest BCUT2D eigenvalue weighted by Crippen LogP contribution is -2.16. The van der Waals surface area contributed by atoms with Crippen molar-refractivity contribution in [2.45, 2.75) is 4.90 Å². The summed E-state index contributed by atoms with van der Waals surface area (Å²) in [6, 6.07) is 5.01. The molecule has 0 saturated carbocycles. The zero-order valence-electron chi connectivity index (χ0n) is 9.47. The number of hydrogen-bond acceptors (Lipinski definition) is 4. The van der Waals surface area contributed by atoms with E-state index >= 15 is 0 Å². The number of aromatic nitrogens is 1. The Morgan fingerprint density at radius 1 is 1.21 bits per heavy atom. The summed E-state index contributed by atoms with van der Waals surface area (Å²) in [4.78, 5) is 3.31. The van der Waals surface area contributed by atoms with Crippen molar-refractivity contribution in [2.75, 3.05) is 10.5 Å². The van der Waals surface area contributed by atoms with E-state index < -0.39 is 27.3 Å². The third-order valence-corrected chi connectivity index (χ3v) is 3.67. The molecular formula is C11H9F2N3O2S. The van der Waals surface area contributed by atoms with Crippen LogP contribution in [-0.4, -0.2) is 13.4 Å². The van der Waals surface area contributed by atoms with Gasteiger partial charge >= 0.3 is 0 Å². The highest BCUT2D eigenvalue weighted by atomic mass is 32.2. The Kier molecular flexibility index (Phi) is 3.34. The molecule has 2 aromatic rings. The molecular weight excluding hydrogens is 276 g/mol. The lowest BCUT2D eigenvalue weighted by atomic mass is 10.3. The first kappa shape index (κ1) is 13.2. The van der Waals surface area contributed by atoms with Crippen LogP contribution in [-0.2, 0) is 10.0 Å². The second kappa shape index (κ2) is 4.81. The van der Waals surface area contributed by atoms with Gasteiger partial charge in [0.2, 0.25) is 0 Å². The molecule has 0 aliphatic carbocycles. The van der Waals surface area contributed by atoms with Gasteiger partial charge in [0.15, 0.2) is 0 Å². The van der Waals surface area contributed by atoms with Crippen molar-refractivity contribution < 1.29 is 17.2 Å².